The van der Waals surface area contributed by atoms with Crippen LogP contribution in [0.2, 0.25) is 5.02 Å². The fraction of sp³-hybridized carbons (Fsp3) is 0.538. The number of rotatable bonds is 6. The summed E-state index contributed by atoms with van der Waals surface area (Å²) in [5, 5.41) is 11.9. The van der Waals surface area contributed by atoms with Crippen LogP contribution in [-0.2, 0) is 0 Å². The highest BCUT2D eigenvalue weighted by Gasteiger charge is 2.22. The Morgan fingerprint density at radius 2 is 2.42 bits per heavy atom. The Labute approximate surface area is 116 Å². The van der Waals surface area contributed by atoms with Crippen molar-refractivity contribution >= 4 is 17.5 Å². The number of pyridine rings is 1. The van der Waals surface area contributed by atoms with Crippen LogP contribution in [0.3, 0.4) is 0 Å². The maximum Gasteiger partial charge on any atom is 0.270 e. The third kappa shape index (κ3) is 4.08. The number of hydrogen-bond donors (Lipinski definition) is 2. The molecule has 19 heavy (non-hydrogen) atoms. The molecule has 1 saturated carbocycles. The zero-order valence-electron chi connectivity index (χ0n) is 10.7. The van der Waals surface area contributed by atoms with Gasteiger partial charge in [0, 0.05) is 12.1 Å². The van der Waals surface area contributed by atoms with Crippen molar-refractivity contribution in [1.29, 1.82) is 0 Å². The lowest BCUT2D eigenvalue weighted by molar-refractivity contribution is 0.0916. The van der Waals surface area contributed by atoms with Crippen LogP contribution in [0.25, 0.3) is 0 Å². The number of ether oxygens (including phenoxy) is 1. The van der Waals surface area contributed by atoms with Gasteiger partial charge in [-0.05, 0) is 25.7 Å². The first-order chi connectivity index (χ1) is 9.10. The molecule has 0 bridgehead atoms. The average molecular weight is 285 g/mol. The summed E-state index contributed by atoms with van der Waals surface area (Å²) in [7, 11) is 0. The van der Waals surface area contributed by atoms with Gasteiger partial charge in [-0.1, -0.05) is 11.6 Å². The molecule has 1 unspecified atom stereocenters. The molecule has 0 aromatic carbocycles. The Kier molecular flexibility index (Phi) is 4.61. The zero-order valence-corrected chi connectivity index (χ0v) is 11.5. The summed E-state index contributed by atoms with van der Waals surface area (Å²) in [5.41, 5.74) is 0.232. The smallest absolute Gasteiger partial charge is 0.270 e. The lowest BCUT2D eigenvalue weighted by Gasteiger charge is -2.12. The van der Waals surface area contributed by atoms with Crippen LogP contribution in [-0.4, -0.2) is 35.3 Å². The normalized spacial score (nSPS) is 15.9. The molecule has 0 radical (unpaired) electrons. The van der Waals surface area contributed by atoms with Gasteiger partial charge in [-0.3, -0.25) is 4.79 Å². The molecule has 1 fully saturated rings. The first kappa shape index (κ1) is 14.1. The average Bonchev–Trinajstić information content (AvgIpc) is 3.21. The molecule has 1 aliphatic carbocycles. The van der Waals surface area contributed by atoms with E-state index in [0.29, 0.717) is 23.3 Å². The third-order valence-electron chi connectivity index (χ3n) is 2.88. The van der Waals surface area contributed by atoms with Crippen LogP contribution in [0.5, 0.6) is 5.75 Å². The molecule has 2 N–H and O–H groups in total. The second-order valence-corrected chi connectivity index (χ2v) is 5.22. The molecule has 6 heteroatoms. The van der Waals surface area contributed by atoms with Crippen LogP contribution < -0.4 is 10.1 Å². The number of carbonyl (C=O) groups excluding carboxylic acids is 1. The SMILES string of the molecule is CC(CO)NC(=O)c1cc(OCC2CC2)c(Cl)cn1. The van der Waals surface area contributed by atoms with E-state index in [9.17, 15) is 4.79 Å². The van der Waals surface area contributed by atoms with Gasteiger partial charge in [-0.2, -0.15) is 0 Å². The first-order valence-corrected chi connectivity index (χ1v) is 6.68. The Hall–Kier alpha value is -1.33. The number of nitrogens with one attached hydrogen (secondary N) is 1. The molecule has 0 spiro atoms. The molecular weight excluding hydrogens is 268 g/mol. The number of aliphatic hydroxyl groups is 1. The lowest BCUT2D eigenvalue weighted by Crippen LogP contribution is -2.35. The molecule has 0 saturated heterocycles. The summed E-state index contributed by atoms with van der Waals surface area (Å²) in [6.45, 7) is 2.21. The third-order valence-corrected chi connectivity index (χ3v) is 3.16. The summed E-state index contributed by atoms with van der Waals surface area (Å²) in [4.78, 5) is 15.8. The van der Waals surface area contributed by atoms with Gasteiger partial charge in [0.05, 0.1) is 19.4 Å². The Bertz CT molecular complexity index is 463. The molecule has 1 aliphatic rings. The minimum atomic E-state index is -0.352. The number of hydrogen-bond acceptors (Lipinski definition) is 4. The quantitative estimate of drug-likeness (QED) is 0.833. The minimum Gasteiger partial charge on any atom is -0.492 e. The second-order valence-electron chi connectivity index (χ2n) is 4.81. The van der Waals surface area contributed by atoms with E-state index in [1.54, 1.807) is 6.92 Å². The van der Waals surface area contributed by atoms with Gasteiger partial charge in [0.25, 0.3) is 5.91 Å². The highest BCUT2D eigenvalue weighted by atomic mass is 35.5. The molecule has 1 heterocycles. The van der Waals surface area contributed by atoms with Gasteiger partial charge in [0.2, 0.25) is 0 Å². The molecule has 2 rings (SSSR count). The summed E-state index contributed by atoms with van der Waals surface area (Å²) in [5.74, 6) is 0.732. The maximum atomic E-state index is 11.8. The maximum absolute atomic E-state index is 11.8. The van der Waals surface area contributed by atoms with Gasteiger partial charge in [0.15, 0.2) is 0 Å². The number of halogens is 1. The molecule has 5 nitrogen and oxygen atoms in total. The molecule has 1 atom stereocenters. The summed E-state index contributed by atoms with van der Waals surface area (Å²) in [6, 6.07) is 1.21. The largest absolute Gasteiger partial charge is 0.492 e. The monoisotopic (exact) mass is 284 g/mol. The zero-order chi connectivity index (χ0) is 13.8. The van der Waals surface area contributed by atoms with Crippen molar-refractivity contribution in [2.75, 3.05) is 13.2 Å². The van der Waals surface area contributed by atoms with E-state index in [1.807, 2.05) is 0 Å². The summed E-state index contributed by atoms with van der Waals surface area (Å²) in [6.07, 6.45) is 3.77. The van der Waals surface area contributed by atoms with Gasteiger partial charge < -0.3 is 15.2 Å². The first-order valence-electron chi connectivity index (χ1n) is 6.30. The van der Waals surface area contributed by atoms with Crippen molar-refractivity contribution in [1.82, 2.24) is 10.3 Å². The highest BCUT2D eigenvalue weighted by Crippen LogP contribution is 2.31. The molecule has 1 aromatic rings. The fourth-order valence-corrected chi connectivity index (χ4v) is 1.65. The highest BCUT2D eigenvalue weighted by molar-refractivity contribution is 6.32. The van der Waals surface area contributed by atoms with E-state index in [1.165, 1.54) is 25.1 Å². The predicted molar refractivity (Wildman–Crippen MR) is 71.5 cm³/mol. The van der Waals surface area contributed by atoms with Crippen LogP contribution in [0.4, 0.5) is 0 Å². The molecule has 0 aliphatic heterocycles. The number of aliphatic hydroxyl groups excluding tert-OH is 1. The van der Waals surface area contributed by atoms with Crippen molar-refractivity contribution in [3.8, 4) is 5.75 Å². The Morgan fingerprint density at radius 3 is 3.05 bits per heavy atom. The standard InChI is InChI=1S/C13H17ClN2O3/c1-8(6-17)16-13(18)11-4-12(10(14)5-15-11)19-7-9-2-3-9/h4-5,8-9,17H,2-3,6-7H2,1H3,(H,16,18). The molecule has 1 aromatic heterocycles. The summed E-state index contributed by atoms with van der Waals surface area (Å²) < 4.78 is 5.58. The number of amides is 1. The predicted octanol–water partition coefficient (Wildman–Crippen LogP) is 1.63. The van der Waals surface area contributed by atoms with Crippen molar-refractivity contribution in [3.05, 3.63) is 23.0 Å². The van der Waals surface area contributed by atoms with Crippen molar-refractivity contribution in [3.63, 3.8) is 0 Å². The van der Waals surface area contributed by atoms with Gasteiger partial charge in [-0.25, -0.2) is 4.98 Å². The number of nitrogens with zero attached hydrogens (tertiary/aromatic N) is 1. The molecule has 1 amide bonds. The summed E-state index contributed by atoms with van der Waals surface area (Å²) >= 11 is 5.98. The van der Waals surface area contributed by atoms with E-state index in [2.05, 4.69) is 10.3 Å². The van der Waals surface area contributed by atoms with Crippen LogP contribution >= 0.6 is 11.6 Å². The fourth-order valence-electron chi connectivity index (χ4n) is 1.49. The van der Waals surface area contributed by atoms with Gasteiger partial charge >= 0.3 is 0 Å². The molecule has 104 valence electrons. The number of carbonyl (C=O) groups is 1. The minimum absolute atomic E-state index is 0.121. The van der Waals surface area contributed by atoms with Crippen molar-refractivity contribution < 1.29 is 14.6 Å². The van der Waals surface area contributed by atoms with Gasteiger partial charge in [0.1, 0.15) is 16.5 Å². The van der Waals surface area contributed by atoms with Crippen LogP contribution in [0.15, 0.2) is 12.3 Å². The van der Waals surface area contributed by atoms with Crippen molar-refractivity contribution in [2.45, 2.75) is 25.8 Å². The molecular formula is C13H17ClN2O3. The van der Waals surface area contributed by atoms with E-state index in [-0.39, 0.29) is 24.2 Å². The van der Waals surface area contributed by atoms with Crippen LogP contribution in [0.1, 0.15) is 30.3 Å². The van der Waals surface area contributed by atoms with Gasteiger partial charge in [-0.15, -0.1) is 0 Å². The lowest BCUT2D eigenvalue weighted by atomic mass is 10.3. The van der Waals surface area contributed by atoms with Crippen molar-refractivity contribution in [2.24, 2.45) is 5.92 Å². The number of aromatic nitrogens is 1. The Balaban J connectivity index is 2.03. The topological polar surface area (TPSA) is 71.5 Å². The van der Waals surface area contributed by atoms with Crippen LogP contribution in [0, 0.1) is 5.92 Å². The van der Waals surface area contributed by atoms with E-state index in [4.69, 9.17) is 21.4 Å². The Morgan fingerprint density at radius 1 is 1.68 bits per heavy atom. The van der Waals surface area contributed by atoms with E-state index in [0.717, 1.165) is 0 Å². The van der Waals surface area contributed by atoms with E-state index >= 15 is 0 Å². The second kappa shape index (κ2) is 6.21. The van der Waals surface area contributed by atoms with E-state index < -0.39 is 0 Å².